The monoisotopic (exact) mass is 533 g/mol. The van der Waals surface area contributed by atoms with E-state index in [9.17, 15) is 39.9 Å². The van der Waals surface area contributed by atoms with Gasteiger partial charge in [0.15, 0.2) is 22.9 Å². The van der Waals surface area contributed by atoms with Gasteiger partial charge in [0.1, 0.15) is 22.8 Å². The number of benzene rings is 2. The molecule has 2 aromatic rings. The highest BCUT2D eigenvalue weighted by Crippen LogP contribution is 2.51. The molecule has 0 aromatic heterocycles. The van der Waals surface area contributed by atoms with Gasteiger partial charge in [-0.3, -0.25) is 14.4 Å². The molecule has 3 aliphatic rings. The normalized spacial score (nSPS) is 24.5. The van der Waals surface area contributed by atoms with Crippen molar-refractivity contribution in [2.45, 2.75) is 31.3 Å². The van der Waals surface area contributed by atoms with Crippen LogP contribution in [0.15, 0.2) is 59.1 Å². The summed E-state index contributed by atoms with van der Waals surface area (Å²) in [6, 6.07) is 8.01. The molecule has 0 saturated carbocycles. The van der Waals surface area contributed by atoms with Crippen molar-refractivity contribution < 1.29 is 44.7 Å². The number of Topliss-reactive ketones (excluding diaryl/α,β-unsaturated/α-hetero) is 2. The molecule has 5 rings (SSSR count). The van der Waals surface area contributed by atoms with Gasteiger partial charge < -0.3 is 36.0 Å². The number of carbonyl (C=O) groups is 3. The van der Waals surface area contributed by atoms with E-state index in [0.29, 0.717) is 23.3 Å². The fraction of sp³-hybridized carbons (Fsp3) is 0.276. The summed E-state index contributed by atoms with van der Waals surface area (Å²) in [7, 11) is 1.46. The minimum absolute atomic E-state index is 0.0252. The lowest BCUT2D eigenvalue weighted by Crippen LogP contribution is -2.57. The smallest absolute Gasteiger partial charge is 0.255 e. The summed E-state index contributed by atoms with van der Waals surface area (Å²) in [5.74, 6) is -6.21. The fourth-order valence-corrected chi connectivity index (χ4v) is 5.97. The number of methoxy groups -OCH3 is 1. The number of allylic oxidation sites excluding steroid dienone is 3. The second-order valence-electron chi connectivity index (χ2n) is 10.1. The van der Waals surface area contributed by atoms with Crippen LogP contribution in [0.1, 0.15) is 39.9 Å². The molecule has 10 heteroatoms. The largest absolute Gasteiger partial charge is 0.511 e. The fourth-order valence-electron chi connectivity index (χ4n) is 5.97. The standard InChI is InChI=1S/C29H27NO9/c1-39-21-9-13(5-7-18(21)31)3-2-4-14-6-8-19(32)23-17(14)11-15-10-16-12-20(33)24(28(30)37)27(36)29(16,38)26(35)22(15)25(23)34/h2,4-9,15-16,31-33,35,38H,3,10-12H2,1H3,(H2,30,37)/b4-2-/t15-,16+,29+/m1/s1. The number of rotatable bonds is 5. The van der Waals surface area contributed by atoms with E-state index < -0.39 is 52.0 Å². The van der Waals surface area contributed by atoms with Crippen LogP contribution >= 0.6 is 0 Å². The Kier molecular flexibility index (Phi) is 6.22. The molecule has 0 spiro atoms. The lowest BCUT2D eigenvalue weighted by Gasteiger charge is -2.45. The molecule has 39 heavy (non-hydrogen) atoms. The summed E-state index contributed by atoms with van der Waals surface area (Å²) in [5, 5.41) is 53.1. The van der Waals surface area contributed by atoms with E-state index in [1.165, 1.54) is 19.2 Å². The Morgan fingerprint density at radius 2 is 1.82 bits per heavy atom. The van der Waals surface area contributed by atoms with E-state index in [-0.39, 0.29) is 41.9 Å². The zero-order chi connectivity index (χ0) is 28.2. The molecular weight excluding hydrogens is 506 g/mol. The predicted octanol–water partition coefficient (Wildman–Crippen LogP) is 2.55. The molecule has 0 bridgehead atoms. The van der Waals surface area contributed by atoms with Crippen molar-refractivity contribution in [3.05, 3.63) is 81.3 Å². The van der Waals surface area contributed by atoms with Crippen LogP contribution in [-0.4, -0.2) is 55.7 Å². The highest BCUT2D eigenvalue weighted by atomic mass is 16.5. The summed E-state index contributed by atoms with van der Waals surface area (Å²) in [5.41, 5.74) is 3.67. The molecule has 0 aliphatic heterocycles. The zero-order valence-corrected chi connectivity index (χ0v) is 21.0. The van der Waals surface area contributed by atoms with Gasteiger partial charge in [-0.25, -0.2) is 0 Å². The summed E-state index contributed by atoms with van der Waals surface area (Å²) >= 11 is 0. The Balaban J connectivity index is 1.52. The van der Waals surface area contributed by atoms with E-state index in [0.717, 1.165) is 5.56 Å². The number of aliphatic hydroxyl groups excluding tert-OH is 2. The van der Waals surface area contributed by atoms with Crippen LogP contribution in [0, 0.1) is 11.8 Å². The maximum absolute atomic E-state index is 13.6. The molecule has 0 saturated heterocycles. The average Bonchev–Trinajstić information content (AvgIpc) is 2.88. The van der Waals surface area contributed by atoms with Crippen LogP contribution in [0.3, 0.4) is 0 Å². The number of carbonyl (C=O) groups excluding carboxylic acids is 3. The van der Waals surface area contributed by atoms with Crippen LogP contribution in [0.2, 0.25) is 0 Å². The lowest BCUT2D eigenvalue weighted by atomic mass is 9.60. The first-order valence-corrected chi connectivity index (χ1v) is 12.3. The molecule has 202 valence electrons. The van der Waals surface area contributed by atoms with E-state index in [1.54, 1.807) is 24.3 Å². The van der Waals surface area contributed by atoms with Gasteiger partial charge in [0.2, 0.25) is 5.78 Å². The van der Waals surface area contributed by atoms with Crippen molar-refractivity contribution in [1.82, 2.24) is 0 Å². The van der Waals surface area contributed by atoms with Crippen molar-refractivity contribution >= 4 is 23.5 Å². The number of aliphatic hydroxyl groups is 3. The number of nitrogens with two attached hydrogens (primary N) is 1. The first kappa shape index (κ1) is 26.1. The van der Waals surface area contributed by atoms with E-state index in [1.807, 2.05) is 6.08 Å². The van der Waals surface area contributed by atoms with Crippen LogP contribution in [0.4, 0.5) is 0 Å². The lowest BCUT2D eigenvalue weighted by molar-refractivity contribution is -0.144. The van der Waals surface area contributed by atoms with E-state index in [2.05, 4.69) is 0 Å². The maximum atomic E-state index is 13.6. The van der Waals surface area contributed by atoms with Crippen molar-refractivity contribution in [2.24, 2.45) is 17.6 Å². The molecule has 10 nitrogen and oxygen atoms in total. The van der Waals surface area contributed by atoms with Gasteiger partial charge in [0.05, 0.1) is 12.7 Å². The molecule has 0 unspecified atom stereocenters. The van der Waals surface area contributed by atoms with Crippen LogP contribution < -0.4 is 10.5 Å². The molecule has 3 aliphatic carbocycles. The molecular formula is C29H27NO9. The van der Waals surface area contributed by atoms with Crippen LogP contribution in [0.25, 0.3) is 6.08 Å². The Hall–Kier alpha value is -4.57. The molecule has 2 aromatic carbocycles. The number of amides is 1. The molecule has 0 heterocycles. The Morgan fingerprint density at radius 1 is 1.10 bits per heavy atom. The first-order valence-electron chi connectivity index (χ1n) is 12.3. The van der Waals surface area contributed by atoms with Crippen LogP contribution in [0.5, 0.6) is 17.2 Å². The third-order valence-electron chi connectivity index (χ3n) is 7.88. The predicted molar refractivity (Wildman–Crippen MR) is 138 cm³/mol. The number of hydrogen-bond donors (Lipinski definition) is 6. The minimum Gasteiger partial charge on any atom is -0.511 e. The summed E-state index contributed by atoms with van der Waals surface area (Å²) in [6.07, 6.45) is 4.15. The molecule has 0 fully saturated rings. The molecule has 7 N–H and O–H groups in total. The Bertz CT molecular complexity index is 1530. The zero-order valence-electron chi connectivity index (χ0n) is 21.0. The summed E-state index contributed by atoms with van der Waals surface area (Å²) < 4.78 is 5.14. The van der Waals surface area contributed by atoms with Gasteiger partial charge in [-0.15, -0.1) is 0 Å². The number of ketones is 2. The summed E-state index contributed by atoms with van der Waals surface area (Å²) in [6.45, 7) is 0. The third kappa shape index (κ3) is 3.95. The number of phenols is 2. The van der Waals surface area contributed by atoms with Crippen molar-refractivity contribution in [1.29, 1.82) is 0 Å². The Labute approximate surface area is 223 Å². The van der Waals surface area contributed by atoms with Gasteiger partial charge in [-0.1, -0.05) is 24.3 Å². The number of ether oxygens (including phenoxy) is 1. The number of hydrogen-bond acceptors (Lipinski definition) is 9. The maximum Gasteiger partial charge on any atom is 0.255 e. The number of aromatic hydroxyl groups is 2. The van der Waals surface area contributed by atoms with Gasteiger partial charge in [-0.2, -0.15) is 0 Å². The van der Waals surface area contributed by atoms with Gasteiger partial charge in [-0.05, 0) is 60.1 Å². The summed E-state index contributed by atoms with van der Waals surface area (Å²) in [4.78, 5) is 38.4. The number of fused-ring (bicyclic) bond motifs is 3. The Morgan fingerprint density at radius 3 is 2.51 bits per heavy atom. The highest BCUT2D eigenvalue weighted by Gasteiger charge is 2.59. The molecule has 0 radical (unpaired) electrons. The van der Waals surface area contributed by atoms with Crippen LogP contribution in [-0.2, 0) is 22.4 Å². The second-order valence-corrected chi connectivity index (χ2v) is 10.1. The quantitative estimate of drug-likeness (QED) is 0.314. The molecule has 3 atom stereocenters. The molecule has 1 amide bonds. The van der Waals surface area contributed by atoms with E-state index >= 15 is 0 Å². The highest BCUT2D eigenvalue weighted by molar-refractivity contribution is 6.24. The minimum atomic E-state index is -2.59. The third-order valence-corrected chi connectivity index (χ3v) is 7.88. The number of phenolic OH excluding ortho intramolecular Hbond substituents is 2. The van der Waals surface area contributed by atoms with Crippen molar-refractivity contribution in [3.63, 3.8) is 0 Å². The van der Waals surface area contributed by atoms with Gasteiger partial charge >= 0.3 is 0 Å². The first-order chi connectivity index (χ1) is 18.5. The average molecular weight is 534 g/mol. The second kappa shape index (κ2) is 9.32. The topological polar surface area (TPSA) is 188 Å². The van der Waals surface area contributed by atoms with Gasteiger partial charge in [0, 0.05) is 17.9 Å². The van der Waals surface area contributed by atoms with Crippen molar-refractivity contribution in [2.75, 3.05) is 7.11 Å². The van der Waals surface area contributed by atoms with E-state index in [4.69, 9.17) is 10.5 Å². The number of primary amides is 1. The SMILES string of the molecule is COc1cc(C/C=C\c2ccc(O)c3c2C[C@H]2C[C@H]4CC(O)=C(C(N)=O)C(=O)[C@@]4(O)C(O)=C2C3=O)ccc1O. The van der Waals surface area contributed by atoms with Gasteiger partial charge in [0.25, 0.3) is 5.91 Å². The van der Waals surface area contributed by atoms with Crippen molar-refractivity contribution in [3.8, 4) is 17.2 Å².